The van der Waals surface area contributed by atoms with Crippen LogP contribution < -0.4 is 5.32 Å². The molecule has 2 rings (SSSR count). The van der Waals surface area contributed by atoms with Crippen LogP contribution in [0, 0.1) is 0 Å². The highest BCUT2D eigenvalue weighted by atomic mass is 19.3. The predicted octanol–water partition coefficient (Wildman–Crippen LogP) is 2.44. The Morgan fingerprint density at radius 1 is 1.38 bits per heavy atom. The van der Waals surface area contributed by atoms with E-state index in [4.69, 9.17) is 0 Å². The molecule has 1 unspecified atom stereocenters. The van der Waals surface area contributed by atoms with Crippen LogP contribution in [-0.4, -0.2) is 6.54 Å². The maximum Gasteiger partial charge on any atom is 0.285 e. The van der Waals surface area contributed by atoms with E-state index in [0.717, 1.165) is 0 Å². The molecule has 1 aliphatic heterocycles. The molecule has 1 aromatic carbocycles. The summed E-state index contributed by atoms with van der Waals surface area (Å²) in [6.07, 6.45) is 0. The van der Waals surface area contributed by atoms with Gasteiger partial charge < -0.3 is 5.32 Å². The van der Waals surface area contributed by atoms with Crippen LogP contribution in [0.4, 0.5) is 8.78 Å². The van der Waals surface area contributed by atoms with Crippen molar-refractivity contribution in [3.8, 4) is 0 Å². The van der Waals surface area contributed by atoms with Gasteiger partial charge in [-0.1, -0.05) is 24.3 Å². The van der Waals surface area contributed by atoms with Crippen molar-refractivity contribution < 1.29 is 8.78 Å². The van der Waals surface area contributed by atoms with Crippen molar-refractivity contribution in [2.45, 2.75) is 18.9 Å². The zero-order chi connectivity index (χ0) is 9.47. The number of rotatable bonds is 0. The van der Waals surface area contributed by atoms with Crippen molar-refractivity contribution in [2.24, 2.45) is 0 Å². The van der Waals surface area contributed by atoms with Gasteiger partial charge in [0.1, 0.15) is 0 Å². The molecular weight excluding hydrogens is 172 g/mol. The van der Waals surface area contributed by atoms with Gasteiger partial charge in [0, 0.05) is 11.6 Å². The van der Waals surface area contributed by atoms with Crippen molar-refractivity contribution in [3.05, 3.63) is 35.4 Å². The molecule has 0 aromatic heterocycles. The fraction of sp³-hybridized carbons (Fsp3) is 0.400. The van der Waals surface area contributed by atoms with Gasteiger partial charge in [-0.05, 0) is 12.5 Å². The third-order valence-corrected chi connectivity index (χ3v) is 2.45. The molecule has 0 bridgehead atoms. The summed E-state index contributed by atoms with van der Waals surface area (Å²) in [6, 6.07) is 6.73. The summed E-state index contributed by atoms with van der Waals surface area (Å²) in [5.74, 6) is -2.72. The number of hydrogen-bond acceptors (Lipinski definition) is 1. The predicted molar refractivity (Wildman–Crippen MR) is 46.8 cm³/mol. The zero-order valence-corrected chi connectivity index (χ0v) is 7.35. The largest absolute Gasteiger partial charge is 0.304 e. The summed E-state index contributed by atoms with van der Waals surface area (Å²) in [7, 11) is 0. The van der Waals surface area contributed by atoms with Gasteiger partial charge in [0.15, 0.2) is 0 Å². The molecule has 0 fully saturated rings. The topological polar surface area (TPSA) is 12.0 Å². The number of alkyl halides is 2. The second-order valence-electron chi connectivity index (χ2n) is 3.39. The Kier molecular flexibility index (Phi) is 1.84. The van der Waals surface area contributed by atoms with Crippen LogP contribution in [0.1, 0.15) is 24.1 Å². The van der Waals surface area contributed by atoms with E-state index in [2.05, 4.69) is 5.32 Å². The summed E-state index contributed by atoms with van der Waals surface area (Å²) in [5.41, 5.74) is 0.875. The van der Waals surface area contributed by atoms with E-state index in [1.807, 2.05) is 6.92 Å². The maximum atomic E-state index is 13.3. The second-order valence-corrected chi connectivity index (χ2v) is 3.39. The van der Waals surface area contributed by atoms with Crippen molar-refractivity contribution in [2.75, 3.05) is 6.54 Å². The van der Waals surface area contributed by atoms with Crippen LogP contribution in [0.15, 0.2) is 24.3 Å². The quantitative estimate of drug-likeness (QED) is 0.651. The summed E-state index contributed by atoms with van der Waals surface area (Å²) in [6.45, 7) is 1.64. The minimum absolute atomic E-state index is 0.0239. The molecule has 1 aliphatic rings. The second kappa shape index (κ2) is 2.77. The Hall–Kier alpha value is -0.960. The van der Waals surface area contributed by atoms with Crippen molar-refractivity contribution >= 4 is 0 Å². The highest BCUT2D eigenvalue weighted by molar-refractivity contribution is 5.35. The van der Waals surface area contributed by atoms with Gasteiger partial charge in [-0.15, -0.1) is 0 Å². The van der Waals surface area contributed by atoms with E-state index in [-0.39, 0.29) is 18.2 Å². The SMILES string of the molecule is CC1NCC(F)(F)c2ccccc21. The zero-order valence-electron chi connectivity index (χ0n) is 7.35. The van der Waals surface area contributed by atoms with Crippen LogP contribution in [0.5, 0.6) is 0 Å². The third kappa shape index (κ3) is 1.33. The molecule has 0 radical (unpaired) electrons. The molecule has 0 saturated heterocycles. The standard InChI is InChI=1S/C10H11F2N/c1-7-8-4-2-3-5-9(8)10(11,12)6-13-7/h2-5,7,13H,6H2,1H3. The van der Waals surface area contributed by atoms with Gasteiger partial charge in [0.2, 0.25) is 0 Å². The highest BCUT2D eigenvalue weighted by Crippen LogP contribution is 2.36. The minimum atomic E-state index is -2.72. The van der Waals surface area contributed by atoms with Gasteiger partial charge >= 0.3 is 0 Å². The molecule has 1 atom stereocenters. The number of fused-ring (bicyclic) bond motifs is 1. The molecule has 3 heteroatoms. The first-order valence-electron chi connectivity index (χ1n) is 4.32. The van der Waals surface area contributed by atoms with Crippen LogP contribution in [0.2, 0.25) is 0 Å². The average Bonchev–Trinajstić information content (AvgIpc) is 2.13. The van der Waals surface area contributed by atoms with Crippen LogP contribution >= 0.6 is 0 Å². The average molecular weight is 183 g/mol. The van der Waals surface area contributed by atoms with Gasteiger partial charge in [0.05, 0.1) is 6.54 Å². The van der Waals surface area contributed by atoms with E-state index in [9.17, 15) is 8.78 Å². The lowest BCUT2D eigenvalue weighted by Crippen LogP contribution is -2.38. The Morgan fingerprint density at radius 3 is 2.77 bits per heavy atom. The van der Waals surface area contributed by atoms with E-state index in [1.54, 1.807) is 18.2 Å². The minimum Gasteiger partial charge on any atom is -0.304 e. The number of hydrogen-bond donors (Lipinski definition) is 1. The van der Waals surface area contributed by atoms with Crippen molar-refractivity contribution in [1.82, 2.24) is 5.32 Å². The lowest BCUT2D eigenvalue weighted by Gasteiger charge is -2.30. The molecule has 0 saturated carbocycles. The summed E-state index contributed by atoms with van der Waals surface area (Å²) in [4.78, 5) is 0. The summed E-state index contributed by atoms with van der Waals surface area (Å²) >= 11 is 0. The number of halogens is 2. The highest BCUT2D eigenvalue weighted by Gasteiger charge is 2.38. The maximum absolute atomic E-state index is 13.3. The third-order valence-electron chi connectivity index (χ3n) is 2.45. The molecule has 1 heterocycles. The number of nitrogens with one attached hydrogen (secondary N) is 1. The molecule has 70 valence electrons. The lowest BCUT2D eigenvalue weighted by atomic mass is 9.93. The van der Waals surface area contributed by atoms with Crippen LogP contribution in [-0.2, 0) is 5.92 Å². The fourth-order valence-corrected chi connectivity index (χ4v) is 1.69. The molecule has 0 aliphatic carbocycles. The van der Waals surface area contributed by atoms with Crippen LogP contribution in [0.3, 0.4) is 0 Å². The normalized spacial score (nSPS) is 25.3. The van der Waals surface area contributed by atoms with E-state index in [0.29, 0.717) is 5.56 Å². The first kappa shape index (κ1) is 8.63. The smallest absolute Gasteiger partial charge is 0.285 e. The Morgan fingerprint density at radius 2 is 2.08 bits per heavy atom. The lowest BCUT2D eigenvalue weighted by molar-refractivity contribution is -0.0143. The number of benzene rings is 1. The Bertz CT molecular complexity index is 322. The van der Waals surface area contributed by atoms with Gasteiger partial charge in [-0.3, -0.25) is 0 Å². The molecule has 1 aromatic rings. The van der Waals surface area contributed by atoms with Gasteiger partial charge in [-0.25, -0.2) is 0 Å². The molecule has 1 nitrogen and oxygen atoms in total. The monoisotopic (exact) mass is 183 g/mol. The molecule has 1 N–H and O–H groups in total. The van der Waals surface area contributed by atoms with Crippen molar-refractivity contribution in [3.63, 3.8) is 0 Å². The first-order valence-corrected chi connectivity index (χ1v) is 4.32. The summed E-state index contributed by atoms with van der Waals surface area (Å²) in [5, 5.41) is 2.78. The van der Waals surface area contributed by atoms with Gasteiger partial charge in [0.25, 0.3) is 5.92 Å². The Balaban J connectivity index is 2.55. The van der Waals surface area contributed by atoms with E-state index in [1.165, 1.54) is 6.07 Å². The molecule has 0 spiro atoms. The Labute approximate surface area is 75.8 Å². The molecule has 0 amide bonds. The van der Waals surface area contributed by atoms with E-state index >= 15 is 0 Å². The van der Waals surface area contributed by atoms with E-state index < -0.39 is 5.92 Å². The van der Waals surface area contributed by atoms with Crippen molar-refractivity contribution in [1.29, 1.82) is 0 Å². The van der Waals surface area contributed by atoms with Crippen LogP contribution in [0.25, 0.3) is 0 Å². The van der Waals surface area contributed by atoms with Gasteiger partial charge in [-0.2, -0.15) is 8.78 Å². The first-order chi connectivity index (χ1) is 6.11. The molecule has 13 heavy (non-hydrogen) atoms. The summed E-state index contributed by atoms with van der Waals surface area (Å²) < 4.78 is 26.6. The molecular formula is C10H11F2N. The fourth-order valence-electron chi connectivity index (χ4n) is 1.69.